The number of halogens is 1. The lowest BCUT2D eigenvalue weighted by atomic mass is 10.0. The molecule has 0 aliphatic heterocycles. The Morgan fingerprint density at radius 3 is 2.64 bits per heavy atom. The van der Waals surface area contributed by atoms with Gasteiger partial charge in [-0.3, -0.25) is 0 Å². The highest BCUT2D eigenvalue weighted by Crippen LogP contribution is 2.33. The number of rotatable bonds is 4. The number of aromatic amines is 1. The van der Waals surface area contributed by atoms with E-state index in [1.54, 1.807) is 50.2 Å². The number of imidazole rings is 2. The maximum atomic E-state index is 14.3. The van der Waals surface area contributed by atoms with Gasteiger partial charge in [-0.1, -0.05) is 18.2 Å². The second-order valence-corrected chi connectivity index (χ2v) is 8.98. The molecule has 4 aromatic rings. The second kappa shape index (κ2) is 6.45. The second-order valence-electron chi connectivity index (χ2n) is 6.64. The van der Waals surface area contributed by atoms with Crippen molar-refractivity contribution in [2.75, 3.05) is 5.73 Å². The molecule has 0 spiro atoms. The van der Waals surface area contributed by atoms with Crippen LogP contribution in [0.2, 0.25) is 0 Å². The van der Waals surface area contributed by atoms with Crippen molar-refractivity contribution in [1.29, 1.82) is 0 Å². The van der Waals surface area contributed by atoms with Gasteiger partial charge in [0.05, 0.1) is 34.0 Å². The molecule has 0 amide bonds. The summed E-state index contributed by atoms with van der Waals surface area (Å²) in [6, 6.07) is 11.4. The summed E-state index contributed by atoms with van der Waals surface area (Å²) in [5.41, 5.74) is 8.69. The van der Waals surface area contributed by atoms with Crippen molar-refractivity contribution in [3.8, 4) is 22.5 Å². The minimum absolute atomic E-state index is 0.0998. The van der Waals surface area contributed by atoms with Crippen molar-refractivity contribution in [2.24, 2.45) is 0 Å². The highest BCUT2D eigenvalue weighted by molar-refractivity contribution is 7.90. The molecule has 0 saturated carbocycles. The van der Waals surface area contributed by atoms with E-state index in [0.29, 0.717) is 33.5 Å². The molecule has 0 aliphatic carbocycles. The number of H-pyrrole nitrogens is 1. The number of hydrogen-bond donors (Lipinski definition) is 2. The summed E-state index contributed by atoms with van der Waals surface area (Å²) in [4.78, 5) is 11.4. The molecule has 0 radical (unpaired) electrons. The Kier molecular flexibility index (Phi) is 4.19. The van der Waals surface area contributed by atoms with E-state index in [0.717, 1.165) is 3.97 Å². The average molecular weight is 399 g/mol. The Labute approximate surface area is 161 Å². The van der Waals surface area contributed by atoms with Crippen molar-refractivity contribution in [1.82, 2.24) is 18.9 Å². The van der Waals surface area contributed by atoms with E-state index in [9.17, 15) is 12.8 Å². The maximum Gasteiger partial charge on any atom is 0.244 e. The molecule has 28 heavy (non-hydrogen) atoms. The summed E-state index contributed by atoms with van der Waals surface area (Å²) in [5, 5.41) is -0.671. The fraction of sp³-hybridized carbons (Fsp3) is 0.158. The van der Waals surface area contributed by atoms with Gasteiger partial charge in [0.15, 0.2) is 0 Å². The van der Waals surface area contributed by atoms with Crippen LogP contribution in [-0.2, 0) is 10.0 Å². The number of nitrogens with zero attached hydrogens (tertiary/aromatic N) is 3. The van der Waals surface area contributed by atoms with Crippen molar-refractivity contribution in [3.05, 3.63) is 54.6 Å². The van der Waals surface area contributed by atoms with Crippen LogP contribution in [-0.4, -0.2) is 32.6 Å². The molecule has 0 saturated heterocycles. The van der Waals surface area contributed by atoms with E-state index in [1.165, 1.54) is 12.4 Å². The van der Waals surface area contributed by atoms with Gasteiger partial charge in [0, 0.05) is 11.1 Å². The Morgan fingerprint density at radius 2 is 1.93 bits per heavy atom. The van der Waals surface area contributed by atoms with Crippen molar-refractivity contribution < 1.29 is 12.8 Å². The minimum Gasteiger partial charge on any atom is -0.368 e. The van der Waals surface area contributed by atoms with Crippen molar-refractivity contribution >= 4 is 27.0 Å². The van der Waals surface area contributed by atoms with Gasteiger partial charge in [-0.05, 0) is 38.1 Å². The molecule has 0 aliphatic rings. The molecule has 0 fully saturated rings. The number of hydrogen-bond acceptors (Lipinski definition) is 5. The van der Waals surface area contributed by atoms with Gasteiger partial charge in [0.2, 0.25) is 16.0 Å². The van der Waals surface area contributed by atoms with Crippen LogP contribution in [0.3, 0.4) is 0 Å². The fourth-order valence-corrected chi connectivity index (χ4v) is 4.22. The third-order valence-electron chi connectivity index (χ3n) is 4.54. The molecular formula is C19H18FN5O2S. The van der Waals surface area contributed by atoms with Gasteiger partial charge in [-0.15, -0.1) is 0 Å². The van der Waals surface area contributed by atoms with E-state index in [1.807, 2.05) is 0 Å². The third kappa shape index (κ3) is 2.75. The van der Waals surface area contributed by atoms with Gasteiger partial charge in [-0.2, -0.15) is 0 Å². The monoisotopic (exact) mass is 399 g/mol. The zero-order valence-electron chi connectivity index (χ0n) is 15.2. The quantitative estimate of drug-likeness (QED) is 0.547. The van der Waals surface area contributed by atoms with E-state index in [4.69, 9.17) is 5.73 Å². The van der Waals surface area contributed by atoms with Crippen LogP contribution in [0.15, 0.2) is 48.8 Å². The SMILES string of the molecule is CC(C)S(=O)(=O)n1c(N)nc2ccc(-c3nc[nH]c3-c3ccccc3F)cc21. The summed E-state index contributed by atoms with van der Waals surface area (Å²) < 4.78 is 40.8. The zero-order chi connectivity index (χ0) is 20.1. The number of aromatic nitrogens is 4. The van der Waals surface area contributed by atoms with Gasteiger partial charge < -0.3 is 10.7 Å². The number of nitrogens with two attached hydrogens (primary N) is 1. The minimum atomic E-state index is -3.70. The summed E-state index contributed by atoms with van der Waals surface area (Å²) in [6.07, 6.45) is 1.47. The van der Waals surface area contributed by atoms with Gasteiger partial charge >= 0.3 is 0 Å². The molecular weight excluding hydrogens is 381 g/mol. The summed E-state index contributed by atoms with van der Waals surface area (Å²) >= 11 is 0. The Bertz CT molecular complexity index is 1290. The highest BCUT2D eigenvalue weighted by Gasteiger charge is 2.25. The van der Waals surface area contributed by atoms with Crippen LogP contribution in [0.5, 0.6) is 0 Å². The maximum absolute atomic E-state index is 14.3. The van der Waals surface area contributed by atoms with Gasteiger partial charge in [-0.25, -0.2) is 26.7 Å². The van der Waals surface area contributed by atoms with Crippen LogP contribution in [0.1, 0.15) is 13.8 Å². The first-order valence-corrected chi connectivity index (χ1v) is 10.1. The zero-order valence-corrected chi connectivity index (χ0v) is 16.0. The highest BCUT2D eigenvalue weighted by atomic mass is 32.2. The van der Waals surface area contributed by atoms with E-state index in [-0.39, 0.29) is 11.8 Å². The smallest absolute Gasteiger partial charge is 0.244 e. The lowest BCUT2D eigenvalue weighted by molar-refractivity contribution is 0.580. The number of nitrogen functional groups attached to an aromatic ring is 1. The summed E-state index contributed by atoms with van der Waals surface area (Å²) in [7, 11) is -3.70. The lowest BCUT2D eigenvalue weighted by Gasteiger charge is -2.11. The third-order valence-corrected chi connectivity index (χ3v) is 6.63. The summed E-state index contributed by atoms with van der Waals surface area (Å²) in [6.45, 7) is 3.16. The summed E-state index contributed by atoms with van der Waals surface area (Å²) in [5.74, 6) is -0.483. The van der Waals surface area contributed by atoms with E-state index >= 15 is 0 Å². The van der Waals surface area contributed by atoms with Gasteiger partial charge in [0.1, 0.15) is 5.82 Å². The molecule has 0 bridgehead atoms. The first kappa shape index (κ1) is 18.2. The molecule has 0 atom stereocenters. The van der Waals surface area contributed by atoms with Crippen LogP contribution < -0.4 is 5.73 Å². The molecule has 7 nitrogen and oxygen atoms in total. The Hall–Kier alpha value is -3.20. The predicted octanol–water partition coefficient (Wildman–Crippen LogP) is 3.40. The fourth-order valence-electron chi connectivity index (χ4n) is 3.08. The van der Waals surface area contributed by atoms with Crippen LogP contribution in [0.25, 0.3) is 33.5 Å². The van der Waals surface area contributed by atoms with Crippen LogP contribution in [0, 0.1) is 5.82 Å². The molecule has 144 valence electrons. The van der Waals surface area contributed by atoms with Crippen LogP contribution in [0.4, 0.5) is 10.3 Å². The van der Waals surface area contributed by atoms with Crippen molar-refractivity contribution in [3.63, 3.8) is 0 Å². The first-order valence-electron chi connectivity index (χ1n) is 8.61. The first-order chi connectivity index (χ1) is 13.3. The van der Waals surface area contributed by atoms with Gasteiger partial charge in [0.25, 0.3) is 0 Å². The topological polar surface area (TPSA) is 107 Å². The normalized spacial score (nSPS) is 12.1. The molecule has 3 N–H and O–H groups in total. The van der Waals surface area contributed by atoms with E-state index < -0.39 is 15.3 Å². The lowest BCUT2D eigenvalue weighted by Crippen LogP contribution is -2.23. The number of fused-ring (bicyclic) bond motifs is 1. The number of nitrogens with one attached hydrogen (secondary N) is 1. The molecule has 2 aromatic heterocycles. The molecule has 9 heteroatoms. The molecule has 4 rings (SSSR count). The molecule has 2 heterocycles. The molecule has 0 unspecified atom stereocenters. The van der Waals surface area contributed by atoms with Crippen LogP contribution >= 0.6 is 0 Å². The standard InChI is InChI=1S/C19H18FN5O2S/c1-11(2)28(26,27)25-16-9-12(7-8-15(16)24-19(25)21)17-18(23-10-22-17)13-5-3-4-6-14(13)20/h3-11H,1-2H3,(H2,21,24)(H,22,23). The number of benzene rings is 2. The van der Waals surface area contributed by atoms with Crippen molar-refractivity contribution in [2.45, 2.75) is 19.1 Å². The Morgan fingerprint density at radius 1 is 1.18 bits per heavy atom. The van der Waals surface area contributed by atoms with E-state index in [2.05, 4.69) is 15.0 Å². The number of anilines is 1. The largest absolute Gasteiger partial charge is 0.368 e. The predicted molar refractivity (Wildman–Crippen MR) is 107 cm³/mol. The average Bonchev–Trinajstić information content (AvgIpc) is 3.25. The molecule has 2 aromatic carbocycles. The Balaban J connectivity index is 1.94.